The third kappa shape index (κ3) is 2.63. The minimum absolute atomic E-state index is 0.0152. The SMILES string of the molecule is Cn1c(CN2CCNCC2)nc2ccc(Br)cc2c1=O. The van der Waals surface area contributed by atoms with Gasteiger partial charge in [-0.05, 0) is 18.2 Å². The highest BCUT2D eigenvalue weighted by Gasteiger charge is 2.14. The molecule has 0 bridgehead atoms. The normalized spacial score (nSPS) is 16.7. The van der Waals surface area contributed by atoms with Crippen LogP contribution in [-0.2, 0) is 13.6 Å². The second-order valence-electron chi connectivity index (χ2n) is 5.08. The first kappa shape index (κ1) is 13.7. The Balaban J connectivity index is 2.01. The molecule has 1 aromatic heterocycles. The monoisotopic (exact) mass is 336 g/mol. The third-order valence-electron chi connectivity index (χ3n) is 3.70. The van der Waals surface area contributed by atoms with Crippen LogP contribution >= 0.6 is 15.9 Å². The average molecular weight is 337 g/mol. The van der Waals surface area contributed by atoms with Crippen LogP contribution in [0.25, 0.3) is 10.9 Å². The van der Waals surface area contributed by atoms with Crippen molar-refractivity contribution in [2.75, 3.05) is 26.2 Å². The number of benzene rings is 1. The van der Waals surface area contributed by atoms with E-state index in [0.717, 1.165) is 48.5 Å². The van der Waals surface area contributed by atoms with Crippen LogP contribution in [0.15, 0.2) is 27.5 Å². The van der Waals surface area contributed by atoms with E-state index in [1.165, 1.54) is 0 Å². The predicted molar refractivity (Wildman–Crippen MR) is 82.8 cm³/mol. The second-order valence-corrected chi connectivity index (χ2v) is 6.00. The van der Waals surface area contributed by atoms with Gasteiger partial charge in [0.2, 0.25) is 0 Å². The topological polar surface area (TPSA) is 50.2 Å². The molecule has 2 heterocycles. The Morgan fingerprint density at radius 1 is 1.35 bits per heavy atom. The number of piperazine rings is 1. The van der Waals surface area contributed by atoms with E-state index in [0.29, 0.717) is 5.39 Å². The molecule has 0 radical (unpaired) electrons. The van der Waals surface area contributed by atoms with Crippen molar-refractivity contribution in [2.45, 2.75) is 6.54 Å². The summed E-state index contributed by atoms with van der Waals surface area (Å²) in [5.41, 5.74) is 0.780. The van der Waals surface area contributed by atoms with Crippen LogP contribution in [0.5, 0.6) is 0 Å². The van der Waals surface area contributed by atoms with E-state index in [-0.39, 0.29) is 5.56 Å². The van der Waals surface area contributed by atoms with Crippen molar-refractivity contribution in [1.29, 1.82) is 0 Å². The zero-order valence-electron chi connectivity index (χ0n) is 11.4. The molecule has 2 aromatic rings. The first-order valence-corrected chi connectivity index (χ1v) is 7.53. The molecule has 0 aliphatic carbocycles. The van der Waals surface area contributed by atoms with Gasteiger partial charge in [0.05, 0.1) is 17.4 Å². The fourth-order valence-corrected chi connectivity index (χ4v) is 2.86. The number of rotatable bonds is 2. The van der Waals surface area contributed by atoms with Crippen molar-refractivity contribution in [1.82, 2.24) is 19.8 Å². The lowest BCUT2D eigenvalue weighted by Crippen LogP contribution is -2.43. The highest BCUT2D eigenvalue weighted by Crippen LogP contribution is 2.16. The van der Waals surface area contributed by atoms with Gasteiger partial charge in [-0.3, -0.25) is 14.3 Å². The molecule has 1 saturated heterocycles. The van der Waals surface area contributed by atoms with Crippen LogP contribution in [0.2, 0.25) is 0 Å². The molecule has 1 aliphatic heterocycles. The van der Waals surface area contributed by atoms with E-state index >= 15 is 0 Å². The summed E-state index contributed by atoms with van der Waals surface area (Å²) in [6.07, 6.45) is 0. The molecule has 1 aromatic carbocycles. The van der Waals surface area contributed by atoms with Gasteiger partial charge in [-0.1, -0.05) is 15.9 Å². The highest BCUT2D eigenvalue weighted by molar-refractivity contribution is 9.10. The largest absolute Gasteiger partial charge is 0.314 e. The molecular weight excluding hydrogens is 320 g/mol. The molecule has 20 heavy (non-hydrogen) atoms. The number of aromatic nitrogens is 2. The maximum Gasteiger partial charge on any atom is 0.261 e. The van der Waals surface area contributed by atoms with Gasteiger partial charge in [-0.25, -0.2) is 4.98 Å². The molecule has 0 spiro atoms. The summed E-state index contributed by atoms with van der Waals surface area (Å²) in [5.74, 6) is 0.826. The number of fused-ring (bicyclic) bond motifs is 1. The van der Waals surface area contributed by atoms with Crippen LogP contribution in [0.4, 0.5) is 0 Å². The van der Waals surface area contributed by atoms with E-state index in [1.54, 1.807) is 11.6 Å². The van der Waals surface area contributed by atoms with E-state index in [9.17, 15) is 4.79 Å². The molecule has 0 saturated carbocycles. The number of halogens is 1. The Labute approximate surface area is 125 Å². The van der Waals surface area contributed by atoms with Gasteiger partial charge in [0.15, 0.2) is 0 Å². The van der Waals surface area contributed by atoms with Crippen molar-refractivity contribution >= 4 is 26.8 Å². The van der Waals surface area contributed by atoms with Crippen molar-refractivity contribution in [3.63, 3.8) is 0 Å². The lowest BCUT2D eigenvalue weighted by molar-refractivity contribution is 0.225. The standard InChI is InChI=1S/C14H17BrN4O/c1-18-13(9-19-6-4-16-5-7-19)17-12-3-2-10(15)8-11(12)14(18)20/h2-3,8,16H,4-7,9H2,1H3. The highest BCUT2D eigenvalue weighted by atomic mass is 79.9. The summed E-state index contributed by atoms with van der Waals surface area (Å²) in [7, 11) is 1.80. The van der Waals surface area contributed by atoms with E-state index < -0.39 is 0 Å². The van der Waals surface area contributed by atoms with Gasteiger partial charge >= 0.3 is 0 Å². The Morgan fingerprint density at radius 3 is 2.85 bits per heavy atom. The number of hydrogen-bond acceptors (Lipinski definition) is 4. The van der Waals surface area contributed by atoms with Crippen molar-refractivity contribution in [3.05, 3.63) is 38.9 Å². The van der Waals surface area contributed by atoms with Gasteiger partial charge in [0.25, 0.3) is 5.56 Å². The Bertz CT molecular complexity index is 691. The fraction of sp³-hybridized carbons (Fsp3) is 0.429. The van der Waals surface area contributed by atoms with Gasteiger partial charge in [0.1, 0.15) is 5.82 Å². The van der Waals surface area contributed by atoms with Crippen LogP contribution in [0, 0.1) is 0 Å². The molecule has 0 unspecified atom stereocenters. The zero-order chi connectivity index (χ0) is 14.1. The first-order chi connectivity index (χ1) is 9.65. The second kappa shape index (κ2) is 5.63. The Morgan fingerprint density at radius 2 is 2.10 bits per heavy atom. The van der Waals surface area contributed by atoms with Gasteiger partial charge in [-0.15, -0.1) is 0 Å². The lowest BCUT2D eigenvalue weighted by atomic mass is 10.2. The van der Waals surface area contributed by atoms with Crippen LogP contribution in [0.3, 0.4) is 0 Å². The van der Waals surface area contributed by atoms with Crippen molar-refractivity contribution < 1.29 is 0 Å². The fourth-order valence-electron chi connectivity index (χ4n) is 2.50. The third-order valence-corrected chi connectivity index (χ3v) is 4.20. The van der Waals surface area contributed by atoms with E-state index in [2.05, 4.69) is 31.1 Å². The molecule has 106 valence electrons. The van der Waals surface area contributed by atoms with Crippen molar-refractivity contribution in [3.8, 4) is 0 Å². The maximum absolute atomic E-state index is 12.4. The molecule has 0 amide bonds. The first-order valence-electron chi connectivity index (χ1n) is 6.73. The molecule has 1 aliphatic rings. The summed E-state index contributed by atoms with van der Waals surface area (Å²) in [5, 5.41) is 3.98. The Hall–Kier alpha value is -1.24. The summed E-state index contributed by atoms with van der Waals surface area (Å²) in [4.78, 5) is 19.4. The summed E-state index contributed by atoms with van der Waals surface area (Å²) in [6, 6.07) is 5.64. The number of nitrogens with zero attached hydrogens (tertiary/aromatic N) is 3. The number of hydrogen-bond donors (Lipinski definition) is 1. The summed E-state index contributed by atoms with van der Waals surface area (Å²) >= 11 is 3.40. The van der Waals surface area contributed by atoms with Crippen LogP contribution in [0.1, 0.15) is 5.82 Å². The van der Waals surface area contributed by atoms with E-state index in [4.69, 9.17) is 0 Å². The summed E-state index contributed by atoms with van der Waals surface area (Å²) in [6.45, 7) is 4.70. The van der Waals surface area contributed by atoms with Crippen LogP contribution in [-0.4, -0.2) is 40.6 Å². The lowest BCUT2D eigenvalue weighted by Gasteiger charge is -2.27. The molecule has 1 N–H and O–H groups in total. The van der Waals surface area contributed by atoms with Gasteiger partial charge in [0, 0.05) is 37.7 Å². The molecule has 0 atom stereocenters. The van der Waals surface area contributed by atoms with Gasteiger partial charge in [-0.2, -0.15) is 0 Å². The van der Waals surface area contributed by atoms with Crippen LogP contribution < -0.4 is 10.9 Å². The minimum Gasteiger partial charge on any atom is -0.314 e. The van der Waals surface area contributed by atoms with E-state index in [1.807, 2.05) is 18.2 Å². The quantitative estimate of drug-likeness (QED) is 0.892. The molecular formula is C14H17BrN4O. The number of nitrogens with one attached hydrogen (secondary N) is 1. The molecule has 5 nitrogen and oxygen atoms in total. The summed E-state index contributed by atoms with van der Waals surface area (Å²) < 4.78 is 2.57. The van der Waals surface area contributed by atoms with Crippen molar-refractivity contribution in [2.24, 2.45) is 7.05 Å². The van der Waals surface area contributed by atoms with Gasteiger partial charge < -0.3 is 5.32 Å². The zero-order valence-corrected chi connectivity index (χ0v) is 13.0. The Kier molecular flexibility index (Phi) is 3.87. The predicted octanol–water partition coefficient (Wildman–Crippen LogP) is 1.10. The molecule has 3 rings (SSSR count). The maximum atomic E-state index is 12.4. The molecule has 6 heteroatoms. The minimum atomic E-state index is 0.0152. The molecule has 1 fully saturated rings. The smallest absolute Gasteiger partial charge is 0.261 e. The average Bonchev–Trinajstić information content (AvgIpc) is 2.46.